The van der Waals surface area contributed by atoms with Gasteiger partial charge in [0, 0.05) is 5.56 Å². The molecule has 0 spiro atoms. The lowest BCUT2D eigenvalue weighted by Crippen LogP contribution is -2.14. The van der Waals surface area contributed by atoms with Gasteiger partial charge in [-0.15, -0.1) is 0 Å². The van der Waals surface area contributed by atoms with E-state index >= 15 is 0 Å². The molecule has 3 aromatic rings. The van der Waals surface area contributed by atoms with Crippen LogP contribution in [0.25, 0.3) is 22.2 Å². The zero-order valence-electron chi connectivity index (χ0n) is 16.1. The van der Waals surface area contributed by atoms with E-state index < -0.39 is 11.9 Å². The Morgan fingerprint density at radius 3 is 2.68 bits per heavy atom. The first-order valence-electron chi connectivity index (χ1n) is 9.73. The zero-order chi connectivity index (χ0) is 19.7. The molecule has 0 bridgehead atoms. The van der Waals surface area contributed by atoms with E-state index in [1.807, 2.05) is 50.2 Å². The van der Waals surface area contributed by atoms with E-state index in [-0.39, 0.29) is 0 Å². The minimum Gasteiger partial charge on any atom is -0.493 e. The number of hydrogen-bond acceptors (Lipinski definition) is 5. The van der Waals surface area contributed by atoms with Crippen molar-refractivity contribution in [3.63, 3.8) is 0 Å². The molecule has 1 atom stereocenters. The van der Waals surface area contributed by atoms with Crippen molar-refractivity contribution in [3.8, 4) is 16.9 Å². The van der Waals surface area contributed by atoms with Crippen LogP contribution in [0.3, 0.4) is 0 Å². The highest BCUT2D eigenvalue weighted by Crippen LogP contribution is 2.37. The Kier molecular flexibility index (Phi) is 5.31. The van der Waals surface area contributed by atoms with Crippen LogP contribution < -0.4 is 4.74 Å². The van der Waals surface area contributed by atoms with Gasteiger partial charge in [-0.2, -0.15) is 8.75 Å². The lowest BCUT2D eigenvalue weighted by Gasteiger charge is -2.18. The molecule has 4 rings (SSSR count). The molecule has 5 nitrogen and oxygen atoms in total. The summed E-state index contributed by atoms with van der Waals surface area (Å²) in [6, 6.07) is 11.8. The van der Waals surface area contributed by atoms with Gasteiger partial charge < -0.3 is 9.84 Å². The number of aliphatic carboxylic acids is 1. The third-order valence-corrected chi connectivity index (χ3v) is 5.71. The van der Waals surface area contributed by atoms with Crippen LogP contribution in [0.15, 0.2) is 36.4 Å². The molecule has 6 heteroatoms. The Bertz CT molecular complexity index is 994. The summed E-state index contributed by atoms with van der Waals surface area (Å²) in [7, 11) is 0. The van der Waals surface area contributed by atoms with Crippen LogP contribution in [-0.2, 0) is 4.79 Å². The molecule has 146 valence electrons. The van der Waals surface area contributed by atoms with E-state index in [1.165, 1.54) is 24.6 Å². The second-order valence-electron chi connectivity index (χ2n) is 8.00. The molecule has 0 radical (unpaired) electrons. The van der Waals surface area contributed by atoms with Crippen molar-refractivity contribution in [1.82, 2.24) is 8.75 Å². The minimum absolute atomic E-state index is 0.302. The van der Waals surface area contributed by atoms with Gasteiger partial charge in [0.05, 0.1) is 24.3 Å². The quantitative estimate of drug-likeness (QED) is 0.555. The van der Waals surface area contributed by atoms with Crippen LogP contribution in [0, 0.1) is 11.8 Å². The Balaban J connectivity index is 1.72. The number of carboxylic acids is 1. The van der Waals surface area contributed by atoms with Gasteiger partial charge in [-0.05, 0) is 60.4 Å². The highest BCUT2D eigenvalue weighted by Gasteiger charge is 2.25. The smallest absolute Gasteiger partial charge is 0.310 e. The normalized spacial score (nSPS) is 15.1. The summed E-state index contributed by atoms with van der Waals surface area (Å²) in [6.07, 6.45) is 3.01. The molecule has 2 aromatic carbocycles. The van der Waals surface area contributed by atoms with Crippen LogP contribution in [0.5, 0.6) is 5.75 Å². The lowest BCUT2D eigenvalue weighted by molar-refractivity contribution is -0.139. The van der Waals surface area contributed by atoms with E-state index in [9.17, 15) is 9.90 Å². The van der Waals surface area contributed by atoms with Gasteiger partial charge in [0.25, 0.3) is 0 Å². The van der Waals surface area contributed by atoms with Gasteiger partial charge in [0.2, 0.25) is 0 Å². The molecule has 1 N–H and O–H groups in total. The van der Waals surface area contributed by atoms with Gasteiger partial charge >= 0.3 is 5.97 Å². The molecule has 0 amide bonds. The molecule has 1 aromatic heterocycles. The van der Waals surface area contributed by atoms with Crippen LogP contribution in [-0.4, -0.2) is 26.4 Å². The zero-order valence-corrected chi connectivity index (χ0v) is 16.9. The van der Waals surface area contributed by atoms with Crippen molar-refractivity contribution < 1.29 is 14.6 Å². The SMILES string of the molecule is CC(C)CC(C(=O)O)c1ccc(-c2ccc3nsnc3c2)c(OCC2CC2)c1. The van der Waals surface area contributed by atoms with Crippen molar-refractivity contribution in [1.29, 1.82) is 0 Å². The van der Waals surface area contributed by atoms with Crippen molar-refractivity contribution in [3.05, 3.63) is 42.0 Å². The number of aromatic nitrogens is 2. The summed E-state index contributed by atoms with van der Waals surface area (Å²) in [6.45, 7) is 4.77. The monoisotopic (exact) mass is 396 g/mol. The fourth-order valence-corrected chi connectivity index (χ4v) is 3.92. The average Bonchev–Trinajstić information content (AvgIpc) is 3.38. The van der Waals surface area contributed by atoms with E-state index in [2.05, 4.69) is 8.75 Å². The molecule has 0 aliphatic heterocycles. The summed E-state index contributed by atoms with van der Waals surface area (Å²) < 4.78 is 14.8. The number of rotatable bonds is 8. The maximum atomic E-state index is 11.8. The predicted molar refractivity (Wildman–Crippen MR) is 111 cm³/mol. The van der Waals surface area contributed by atoms with Gasteiger partial charge in [0.1, 0.15) is 16.8 Å². The molecule has 0 saturated heterocycles. The van der Waals surface area contributed by atoms with Crippen LogP contribution >= 0.6 is 11.7 Å². The molecule has 1 heterocycles. The van der Waals surface area contributed by atoms with E-state index in [1.54, 1.807) is 0 Å². The molecule has 1 fully saturated rings. The van der Waals surface area contributed by atoms with Crippen LogP contribution in [0.4, 0.5) is 0 Å². The first-order valence-corrected chi connectivity index (χ1v) is 10.5. The number of benzene rings is 2. The largest absolute Gasteiger partial charge is 0.493 e. The summed E-state index contributed by atoms with van der Waals surface area (Å²) in [4.78, 5) is 11.8. The first-order chi connectivity index (χ1) is 13.5. The van der Waals surface area contributed by atoms with Gasteiger partial charge in [-0.3, -0.25) is 4.79 Å². The predicted octanol–water partition coefficient (Wildman–Crippen LogP) is 5.36. The first kappa shape index (κ1) is 18.9. The van der Waals surface area contributed by atoms with E-state index in [0.29, 0.717) is 24.9 Å². The highest BCUT2D eigenvalue weighted by atomic mass is 32.1. The van der Waals surface area contributed by atoms with Gasteiger partial charge in [-0.25, -0.2) is 0 Å². The number of fused-ring (bicyclic) bond motifs is 1. The molecule has 1 aliphatic rings. The fraction of sp³-hybridized carbons (Fsp3) is 0.409. The second-order valence-corrected chi connectivity index (χ2v) is 8.53. The summed E-state index contributed by atoms with van der Waals surface area (Å²) in [5.41, 5.74) is 4.52. The van der Waals surface area contributed by atoms with Gasteiger partial charge in [-0.1, -0.05) is 32.0 Å². The Hall–Kier alpha value is -2.47. The topological polar surface area (TPSA) is 72.3 Å². The number of carbonyl (C=O) groups is 1. The third kappa shape index (κ3) is 4.17. The lowest BCUT2D eigenvalue weighted by atomic mass is 9.89. The van der Waals surface area contributed by atoms with Crippen molar-refractivity contribution >= 4 is 28.7 Å². The Labute approximate surface area is 168 Å². The van der Waals surface area contributed by atoms with E-state index in [0.717, 1.165) is 33.5 Å². The highest BCUT2D eigenvalue weighted by molar-refractivity contribution is 7.00. The molecular weight excluding hydrogens is 372 g/mol. The van der Waals surface area contributed by atoms with Crippen LogP contribution in [0.2, 0.25) is 0 Å². The maximum Gasteiger partial charge on any atom is 0.310 e. The maximum absolute atomic E-state index is 11.8. The summed E-state index contributed by atoms with van der Waals surface area (Å²) in [5.74, 6) is 0.359. The van der Waals surface area contributed by atoms with E-state index in [4.69, 9.17) is 4.74 Å². The molecule has 1 aliphatic carbocycles. The molecule has 1 saturated carbocycles. The molecule has 28 heavy (non-hydrogen) atoms. The number of hydrogen-bond donors (Lipinski definition) is 1. The fourth-order valence-electron chi connectivity index (χ4n) is 3.41. The number of ether oxygens (including phenoxy) is 1. The Morgan fingerprint density at radius 1 is 1.18 bits per heavy atom. The third-order valence-electron chi connectivity index (χ3n) is 5.15. The average molecular weight is 397 g/mol. The standard InChI is InChI=1S/C22H24N2O3S/c1-13(2)9-18(22(25)26)16-5-7-17(21(11-16)27-12-14-3-4-14)15-6-8-19-20(10-15)24-28-23-19/h5-8,10-11,13-14,18H,3-4,9,12H2,1-2H3,(H,25,26). The van der Waals surface area contributed by atoms with Crippen molar-refractivity contribution in [2.24, 2.45) is 11.8 Å². The molecule has 1 unspecified atom stereocenters. The van der Waals surface area contributed by atoms with Crippen molar-refractivity contribution in [2.75, 3.05) is 6.61 Å². The summed E-state index contributed by atoms with van der Waals surface area (Å²) in [5, 5.41) is 9.72. The number of nitrogens with zero attached hydrogens (tertiary/aromatic N) is 2. The minimum atomic E-state index is -0.787. The number of carboxylic acid groups (broad SMARTS) is 1. The van der Waals surface area contributed by atoms with Crippen molar-refractivity contribution in [2.45, 2.75) is 39.0 Å². The van der Waals surface area contributed by atoms with Gasteiger partial charge in [0.15, 0.2) is 0 Å². The second kappa shape index (κ2) is 7.87. The molecular formula is C22H24N2O3S. The summed E-state index contributed by atoms with van der Waals surface area (Å²) >= 11 is 1.20. The van der Waals surface area contributed by atoms with Crippen LogP contribution in [0.1, 0.15) is 44.6 Å². The Morgan fingerprint density at radius 2 is 1.96 bits per heavy atom.